The van der Waals surface area contributed by atoms with Gasteiger partial charge in [-0.1, -0.05) is 13.8 Å². The van der Waals surface area contributed by atoms with Gasteiger partial charge in [-0.05, 0) is 12.3 Å². The van der Waals surface area contributed by atoms with Crippen LogP contribution in [0, 0.1) is 5.92 Å². The Morgan fingerprint density at radius 2 is 2.44 bits per heavy atom. The number of hydrogen-bond acceptors (Lipinski definition) is 3. The fourth-order valence-corrected chi connectivity index (χ4v) is 2.02. The van der Waals surface area contributed by atoms with Crippen LogP contribution in [0.15, 0.2) is 6.20 Å². The van der Waals surface area contributed by atoms with E-state index in [1.807, 2.05) is 6.20 Å². The van der Waals surface area contributed by atoms with E-state index < -0.39 is 0 Å². The number of aromatic amines is 1. The van der Waals surface area contributed by atoms with Gasteiger partial charge in [-0.15, -0.1) is 0 Å². The minimum atomic E-state index is 0.270. The monoisotopic (exact) mass is 223 g/mol. The molecular weight excluding hydrogens is 202 g/mol. The minimum Gasteiger partial charge on any atom is -0.375 e. The van der Waals surface area contributed by atoms with Gasteiger partial charge in [0.25, 0.3) is 0 Å². The van der Waals surface area contributed by atoms with Crippen molar-refractivity contribution in [3.63, 3.8) is 0 Å². The van der Waals surface area contributed by atoms with Crippen LogP contribution in [-0.4, -0.2) is 35.8 Å². The first-order valence-corrected chi connectivity index (χ1v) is 6.09. The zero-order valence-corrected chi connectivity index (χ0v) is 10.1. The maximum Gasteiger partial charge on any atom is 0.108 e. The number of morpholine rings is 1. The van der Waals surface area contributed by atoms with Crippen LogP contribution in [0.25, 0.3) is 0 Å². The Balaban J connectivity index is 1.86. The van der Waals surface area contributed by atoms with E-state index in [0.717, 1.165) is 38.4 Å². The number of rotatable bonds is 4. The third-order valence-electron chi connectivity index (χ3n) is 2.73. The fraction of sp³-hybridized carbons (Fsp3) is 0.750. The first-order chi connectivity index (χ1) is 7.74. The van der Waals surface area contributed by atoms with E-state index in [1.165, 1.54) is 5.69 Å². The molecule has 0 radical (unpaired) electrons. The number of H-pyrrole nitrogens is 1. The van der Waals surface area contributed by atoms with Gasteiger partial charge in [0, 0.05) is 31.4 Å². The van der Waals surface area contributed by atoms with Gasteiger partial charge in [-0.25, -0.2) is 4.98 Å². The van der Waals surface area contributed by atoms with Gasteiger partial charge in [0.05, 0.1) is 12.7 Å². The zero-order chi connectivity index (χ0) is 11.4. The number of nitrogens with one attached hydrogen (secondary N) is 2. The Kier molecular flexibility index (Phi) is 3.96. The molecule has 1 saturated heterocycles. The van der Waals surface area contributed by atoms with E-state index >= 15 is 0 Å². The molecule has 0 amide bonds. The standard InChI is InChI=1S/C12H21N3O/c1-9(2)5-10-7-14-12(15-10)6-11-8-13-3-4-16-11/h7,9,11,13H,3-6,8H2,1-2H3,(H,14,15). The van der Waals surface area contributed by atoms with Crippen LogP contribution in [0.4, 0.5) is 0 Å². The number of imidazole rings is 1. The molecule has 1 aliphatic rings. The van der Waals surface area contributed by atoms with Gasteiger partial charge in [0.2, 0.25) is 0 Å². The highest BCUT2D eigenvalue weighted by atomic mass is 16.5. The Labute approximate surface area is 96.8 Å². The van der Waals surface area contributed by atoms with Crippen molar-refractivity contribution >= 4 is 0 Å². The summed E-state index contributed by atoms with van der Waals surface area (Å²) in [5.74, 6) is 1.71. The second-order valence-electron chi connectivity index (χ2n) is 4.85. The summed E-state index contributed by atoms with van der Waals surface area (Å²) in [5.41, 5.74) is 1.23. The third kappa shape index (κ3) is 3.32. The van der Waals surface area contributed by atoms with Crippen molar-refractivity contribution in [2.75, 3.05) is 19.7 Å². The van der Waals surface area contributed by atoms with Crippen molar-refractivity contribution in [3.8, 4) is 0 Å². The van der Waals surface area contributed by atoms with E-state index in [-0.39, 0.29) is 6.10 Å². The van der Waals surface area contributed by atoms with Crippen LogP contribution < -0.4 is 5.32 Å². The molecule has 0 aromatic carbocycles. The van der Waals surface area contributed by atoms with Crippen molar-refractivity contribution in [2.45, 2.75) is 32.8 Å². The van der Waals surface area contributed by atoms with E-state index in [4.69, 9.17) is 4.74 Å². The SMILES string of the molecule is CC(C)Cc1cnc(CC2CNCCO2)[nH]1. The van der Waals surface area contributed by atoms with Crippen molar-refractivity contribution in [3.05, 3.63) is 17.7 Å². The maximum atomic E-state index is 5.65. The van der Waals surface area contributed by atoms with E-state index in [9.17, 15) is 0 Å². The lowest BCUT2D eigenvalue weighted by Gasteiger charge is -2.22. The molecule has 16 heavy (non-hydrogen) atoms. The van der Waals surface area contributed by atoms with Crippen molar-refractivity contribution in [1.82, 2.24) is 15.3 Å². The molecule has 2 rings (SSSR count). The highest BCUT2D eigenvalue weighted by Gasteiger charge is 2.15. The van der Waals surface area contributed by atoms with E-state index in [0.29, 0.717) is 5.92 Å². The first-order valence-electron chi connectivity index (χ1n) is 6.09. The molecule has 1 aromatic rings. The van der Waals surface area contributed by atoms with Crippen LogP contribution in [0.5, 0.6) is 0 Å². The van der Waals surface area contributed by atoms with Gasteiger partial charge >= 0.3 is 0 Å². The molecule has 1 fully saturated rings. The normalized spacial score (nSPS) is 21.6. The maximum absolute atomic E-state index is 5.65. The third-order valence-corrected chi connectivity index (χ3v) is 2.73. The highest BCUT2D eigenvalue weighted by Crippen LogP contribution is 2.08. The molecule has 1 unspecified atom stereocenters. The molecule has 0 bridgehead atoms. The second kappa shape index (κ2) is 5.46. The summed E-state index contributed by atoms with van der Waals surface area (Å²) in [4.78, 5) is 7.77. The average Bonchev–Trinajstić information content (AvgIpc) is 2.66. The number of ether oxygens (including phenoxy) is 1. The molecule has 0 spiro atoms. The quantitative estimate of drug-likeness (QED) is 0.804. The second-order valence-corrected chi connectivity index (χ2v) is 4.85. The molecule has 1 aliphatic heterocycles. The lowest BCUT2D eigenvalue weighted by molar-refractivity contribution is 0.0281. The molecule has 0 saturated carbocycles. The summed E-state index contributed by atoms with van der Waals surface area (Å²) < 4.78 is 5.65. The number of nitrogens with zero attached hydrogens (tertiary/aromatic N) is 1. The molecule has 4 nitrogen and oxygen atoms in total. The van der Waals surface area contributed by atoms with Crippen molar-refractivity contribution in [2.24, 2.45) is 5.92 Å². The first kappa shape index (κ1) is 11.6. The lowest BCUT2D eigenvalue weighted by atomic mass is 10.1. The summed E-state index contributed by atoms with van der Waals surface area (Å²) in [7, 11) is 0. The van der Waals surface area contributed by atoms with Gasteiger partial charge in [-0.2, -0.15) is 0 Å². The topological polar surface area (TPSA) is 49.9 Å². The zero-order valence-electron chi connectivity index (χ0n) is 10.1. The Morgan fingerprint density at radius 3 is 3.12 bits per heavy atom. The molecule has 1 atom stereocenters. The minimum absolute atomic E-state index is 0.270. The summed E-state index contributed by atoms with van der Waals surface area (Å²) in [6.45, 7) is 7.14. The predicted molar refractivity (Wildman–Crippen MR) is 63.4 cm³/mol. The van der Waals surface area contributed by atoms with E-state index in [1.54, 1.807) is 0 Å². The average molecular weight is 223 g/mol. The number of aromatic nitrogens is 2. The summed E-state index contributed by atoms with van der Waals surface area (Å²) in [6, 6.07) is 0. The van der Waals surface area contributed by atoms with Crippen LogP contribution in [0.1, 0.15) is 25.4 Å². The summed E-state index contributed by atoms with van der Waals surface area (Å²) >= 11 is 0. The largest absolute Gasteiger partial charge is 0.375 e. The Bertz CT molecular complexity index is 316. The van der Waals surface area contributed by atoms with Crippen LogP contribution in [-0.2, 0) is 17.6 Å². The number of hydrogen-bond donors (Lipinski definition) is 2. The van der Waals surface area contributed by atoms with E-state index in [2.05, 4.69) is 29.1 Å². The molecule has 0 aliphatic carbocycles. The van der Waals surface area contributed by atoms with Crippen molar-refractivity contribution in [1.29, 1.82) is 0 Å². The van der Waals surface area contributed by atoms with Gasteiger partial charge in [-0.3, -0.25) is 0 Å². The highest BCUT2D eigenvalue weighted by molar-refractivity contribution is 5.03. The Hall–Kier alpha value is -0.870. The van der Waals surface area contributed by atoms with Gasteiger partial charge < -0.3 is 15.0 Å². The van der Waals surface area contributed by atoms with Crippen LogP contribution in [0.2, 0.25) is 0 Å². The van der Waals surface area contributed by atoms with Gasteiger partial charge in [0.1, 0.15) is 5.82 Å². The molecule has 2 heterocycles. The van der Waals surface area contributed by atoms with Crippen LogP contribution in [0.3, 0.4) is 0 Å². The smallest absolute Gasteiger partial charge is 0.108 e. The predicted octanol–water partition coefficient (Wildman–Crippen LogP) is 1.14. The Morgan fingerprint density at radius 1 is 1.56 bits per heavy atom. The molecule has 2 N–H and O–H groups in total. The molecular formula is C12H21N3O. The van der Waals surface area contributed by atoms with Crippen molar-refractivity contribution < 1.29 is 4.74 Å². The molecule has 90 valence electrons. The lowest BCUT2D eigenvalue weighted by Crippen LogP contribution is -2.39. The summed E-state index contributed by atoms with van der Waals surface area (Å²) in [6.07, 6.45) is 4.17. The van der Waals surface area contributed by atoms with Crippen LogP contribution >= 0.6 is 0 Å². The summed E-state index contributed by atoms with van der Waals surface area (Å²) in [5, 5.41) is 3.33. The fourth-order valence-electron chi connectivity index (χ4n) is 2.02. The molecule has 1 aromatic heterocycles. The van der Waals surface area contributed by atoms with Gasteiger partial charge in [0.15, 0.2) is 0 Å². The molecule has 4 heteroatoms.